The second kappa shape index (κ2) is 4.20. The monoisotopic (exact) mass is 225 g/mol. The van der Waals surface area contributed by atoms with E-state index in [1.54, 1.807) is 0 Å². The Morgan fingerprint density at radius 3 is 3.13 bits per heavy atom. The molecule has 0 fully saturated rings. The minimum absolute atomic E-state index is 0.609. The SMILES string of the molecule is CCCN(O)C1=Cc2sc(N)nc2CC1. The lowest BCUT2D eigenvalue weighted by atomic mass is 10.1. The molecule has 0 atom stereocenters. The Hall–Kier alpha value is -1.07. The zero-order valence-electron chi connectivity index (χ0n) is 8.73. The fourth-order valence-corrected chi connectivity index (χ4v) is 2.54. The summed E-state index contributed by atoms with van der Waals surface area (Å²) in [6.07, 6.45) is 4.64. The number of nitrogen functional groups attached to an aromatic ring is 1. The van der Waals surface area contributed by atoms with Gasteiger partial charge in [-0.05, 0) is 25.3 Å². The molecule has 0 spiro atoms. The molecular formula is C10H15N3OS. The summed E-state index contributed by atoms with van der Waals surface area (Å²) >= 11 is 1.48. The van der Waals surface area contributed by atoms with E-state index in [0.717, 1.165) is 35.5 Å². The Labute approximate surface area is 93.0 Å². The second-order valence-electron chi connectivity index (χ2n) is 3.62. The number of nitrogens with two attached hydrogens (primary N) is 1. The number of fused-ring (bicyclic) bond motifs is 1. The number of aryl methyl sites for hydroxylation is 1. The van der Waals surface area contributed by atoms with Gasteiger partial charge in [-0.2, -0.15) is 0 Å². The second-order valence-corrected chi connectivity index (χ2v) is 4.68. The van der Waals surface area contributed by atoms with Crippen molar-refractivity contribution in [3.8, 4) is 0 Å². The zero-order chi connectivity index (χ0) is 10.8. The predicted molar refractivity (Wildman–Crippen MR) is 61.6 cm³/mol. The summed E-state index contributed by atoms with van der Waals surface area (Å²) in [5.41, 5.74) is 7.67. The Morgan fingerprint density at radius 1 is 1.60 bits per heavy atom. The molecule has 3 N–H and O–H groups in total. The van der Waals surface area contributed by atoms with Crippen LogP contribution in [0.1, 0.15) is 30.3 Å². The van der Waals surface area contributed by atoms with E-state index in [1.807, 2.05) is 13.0 Å². The first kappa shape index (κ1) is 10.4. The Bertz CT molecular complexity index is 386. The molecule has 0 saturated heterocycles. The van der Waals surface area contributed by atoms with Crippen LogP contribution in [-0.2, 0) is 6.42 Å². The number of anilines is 1. The summed E-state index contributed by atoms with van der Waals surface area (Å²) in [6, 6.07) is 0. The maximum atomic E-state index is 9.72. The van der Waals surface area contributed by atoms with Gasteiger partial charge >= 0.3 is 0 Å². The predicted octanol–water partition coefficient (Wildman–Crippen LogP) is 2.11. The van der Waals surface area contributed by atoms with E-state index in [0.29, 0.717) is 11.7 Å². The van der Waals surface area contributed by atoms with Gasteiger partial charge in [0.25, 0.3) is 0 Å². The van der Waals surface area contributed by atoms with E-state index < -0.39 is 0 Å². The van der Waals surface area contributed by atoms with Crippen molar-refractivity contribution in [2.24, 2.45) is 0 Å². The average molecular weight is 225 g/mol. The van der Waals surface area contributed by atoms with Crippen molar-refractivity contribution in [1.82, 2.24) is 10.0 Å². The first-order chi connectivity index (χ1) is 7.20. The minimum Gasteiger partial charge on any atom is -0.375 e. The fraction of sp³-hybridized carbons (Fsp3) is 0.500. The number of rotatable bonds is 3. The molecule has 1 aliphatic rings. The molecule has 4 nitrogen and oxygen atoms in total. The van der Waals surface area contributed by atoms with Crippen LogP contribution in [-0.4, -0.2) is 21.8 Å². The van der Waals surface area contributed by atoms with E-state index in [4.69, 9.17) is 5.73 Å². The van der Waals surface area contributed by atoms with Gasteiger partial charge in [0.2, 0.25) is 0 Å². The van der Waals surface area contributed by atoms with Gasteiger partial charge in [0.1, 0.15) is 0 Å². The van der Waals surface area contributed by atoms with Crippen LogP contribution in [0.4, 0.5) is 5.13 Å². The van der Waals surface area contributed by atoms with Crippen molar-refractivity contribution in [2.75, 3.05) is 12.3 Å². The number of aromatic nitrogens is 1. The van der Waals surface area contributed by atoms with Crippen molar-refractivity contribution < 1.29 is 5.21 Å². The van der Waals surface area contributed by atoms with Gasteiger partial charge in [-0.25, -0.2) is 4.98 Å². The molecule has 15 heavy (non-hydrogen) atoms. The number of nitrogens with zero attached hydrogens (tertiary/aromatic N) is 2. The van der Waals surface area contributed by atoms with Gasteiger partial charge in [0.05, 0.1) is 10.6 Å². The fourth-order valence-electron chi connectivity index (χ4n) is 1.70. The van der Waals surface area contributed by atoms with Crippen LogP contribution < -0.4 is 5.73 Å². The summed E-state index contributed by atoms with van der Waals surface area (Å²) in [4.78, 5) is 5.33. The largest absolute Gasteiger partial charge is 0.375 e. The van der Waals surface area contributed by atoms with E-state index in [2.05, 4.69) is 4.98 Å². The maximum absolute atomic E-state index is 9.72. The maximum Gasteiger partial charge on any atom is 0.180 e. The highest BCUT2D eigenvalue weighted by molar-refractivity contribution is 7.16. The van der Waals surface area contributed by atoms with Gasteiger partial charge in [-0.1, -0.05) is 18.3 Å². The molecule has 2 rings (SSSR count). The molecule has 0 amide bonds. The molecule has 0 saturated carbocycles. The number of hydroxylamine groups is 2. The van der Waals surface area contributed by atoms with Crippen LogP contribution in [0.5, 0.6) is 0 Å². The summed E-state index contributed by atoms with van der Waals surface area (Å²) in [6.45, 7) is 2.72. The van der Waals surface area contributed by atoms with E-state index in [1.165, 1.54) is 16.4 Å². The first-order valence-electron chi connectivity index (χ1n) is 5.13. The van der Waals surface area contributed by atoms with Gasteiger partial charge < -0.3 is 5.73 Å². The van der Waals surface area contributed by atoms with Crippen molar-refractivity contribution in [3.05, 3.63) is 16.3 Å². The molecule has 0 bridgehead atoms. The lowest BCUT2D eigenvalue weighted by molar-refractivity contribution is -0.0571. The van der Waals surface area contributed by atoms with Crippen LogP contribution in [0.2, 0.25) is 0 Å². The highest BCUT2D eigenvalue weighted by Gasteiger charge is 2.17. The lowest BCUT2D eigenvalue weighted by Gasteiger charge is -2.21. The highest BCUT2D eigenvalue weighted by Crippen LogP contribution is 2.30. The van der Waals surface area contributed by atoms with Crippen molar-refractivity contribution >= 4 is 22.5 Å². The molecule has 1 aromatic heterocycles. The van der Waals surface area contributed by atoms with Gasteiger partial charge in [0.15, 0.2) is 5.13 Å². The molecule has 1 aliphatic carbocycles. The topological polar surface area (TPSA) is 62.4 Å². The average Bonchev–Trinajstić information content (AvgIpc) is 2.57. The summed E-state index contributed by atoms with van der Waals surface area (Å²) < 4.78 is 0. The zero-order valence-corrected chi connectivity index (χ0v) is 9.55. The van der Waals surface area contributed by atoms with Crippen LogP contribution in [0, 0.1) is 0 Å². The molecule has 0 radical (unpaired) electrons. The van der Waals surface area contributed by atoms with Gasteiger partial charge in [0, 0.05) is 12.2 Å². The minimum atomic E-state index is 0.609. The van der Waals surface area contributed by atoms with Gasteiger partial charge in [-0.15, -0.1) is 0 Å². The van der Waals surface area contributed by atoms with Crippen LogP contribution in [0.3, 0.4) is 0 Å². The molecule has 0 aromatic carbocycles. The first-order valence-corrected chi connectivity index (χ1v) is 5.94. The van der Waals surface area contributed by atoms with E-state index >= 15 is 0 Å². The number of thiazole rings is 1. The number of hydrogen-bond acceptors (Lipinski definition) is 5. The van der Waals surface area contributed by atoms with E-state index in [9.17, 15) is 5.21 Å². The lowest BCUT2D eigenvalue weighted by Crippen LogP contribution is -2.21. The molecule has 1 heterocycles. The Kier molecular flexibility index (Phi) is 2.93. The molecule has 0 aliphatic heterocycles. The van der Waals surface area contributed by atoms with Crippen molar-refractivity contribution in [1.29, 1.82) is 0 Å². The van der Waals surface area contributed by atoms with Gasteiger partial charge in [-0.3, -0.25) is 10.3 Å². The quantitative estimate of drug-likeness (QED) is 0.773. The Balaban J connectivity index is 2.20. The van der Waals surface area contributed by atoms with Crippen LogP contribution in [0.15, 0.2) is 5.70 Å². The third kappa shape index (κ3) is 2.13. The molecule has 1 aromatic rings. The third-order valence-electron chi connectivity index (χ3n) is 2.43. The Morgan fingerprint density at radius 2 is 2.40 bits per heavy atom. The summed E-state index contributed by atoms with van der Waals surface area (Å²) in [5.74, 6) is 0. The molecule has 82 valence electrons. The van der Waals surface area contributed by atoms with Crippen LogP contribution >= 0.6 is 11.3 Å². The van der Waals surface area contributed by atoms with Crippen molar-refractivity contribution in [2.45, 2.75) is 26.2 Å². The highest BCUT2D eigenvalue weighted by atomic mass is 32.1. The summed E-state index contributed by atoms with van der Waals surface area (Å²) in [5, 5.41) is 11.7. The number of allylic oxidation sites excluding steroid dienone is 1. The summed E-state index contributed by atoms with van der Waals surface area (Å²) in [7, 11) is 0. The smallest absolute Gasteiger partial charge is 0.180 e. The molecule has 0 unspecified atom stereocenters. The van der Waals surface area contributed by atoms with E-state index in [-0.39, 0.29) is 0 Å². The molecular weight excluding hydrogens is 210 g/mol. The number of hydrogen-bond donors (Lipinski definition) is 2. The molecule has 5 heteroatoms. The van der Waals surface area contributed by atoms with Crippen molar-refractivity contribution in [3.63, 3.8) is 0 Å². The normalized spacial score (nSPS) is 14.7. The third-order valence-corrected chi connectivity index (χ3v) is 3.30. The standard InChI is InChI=1S/C10H15N3OS/c1-2-5-13(14)7-3-4-8-9(6-7)15-10(11)12-8/h6,14H,2-5H2,1H3,(H2,11,12). The van der Waals surface area contributed by atoms with Crippen LogP contribution in [0.25, 0.3) is 6.08 Å².